The molecule has 0 atom stereocenters. The summed E-state index contributed by atoms with van der Waals surface area (Å²) in [6, 6.07) is 2.61. The zero-order chi connectivity index (χ0) is 10.5. The number of anilines is 1. The smallest absolute Gasteiger partial charge is 0.0574 e. The van der Waals surface area contributed by atoms with Crippen LogP contribution < -0.4 is 11.1 Å². The van der Waals surface area contributed by atoms with Gasteiger partial charge in [0.1, 0.15) is 0 Å². The maximum Gasteiger partial charge on any atom is 0.0574 e. The second-order valence-electron chi connectivity index (χ2n) is 4.22. The van der Waals surface area contributed by atoms with E-state index in [0.717, 1.165) is 11.3 Å². The second kappa shape index (κ2) is 8.56. The van der Waals surface area contributed by atoms with Crippen molar-refractivity contribution >= 4 is 30.5 Å². The van der Waals surface area contributed by atoms with Crippen molar-refractivity contribution in [1.29, 1.82) is 0 Å². The number of pyridine rings is 1. The summed E-state index contributed by atoms with van der Waals surface area (Å²) in [7, 11) is 0. The minimum atomic E-state index is 0. The van der Waals surface area contributed by atoms with Gasteiger partial charge in [-0.25, -0.2) is 0 Å². The maximum atomic E-state index is 5.69. The van der Waals surface area contributed by atoms with E-state index in [2.05, 4.69) is 10.3 Å². The molecule has 98 valence electrons. The van der Waals surface area contributed by atoms with Crippen LogP contribution in [0.1, 0.15) is 37.7 Å². The number of aromatic nitrogens is 1. The maximum absolute atomic E-state index is 5.69. The molecule has 0 aromatic carbocycles. The first-order valence-electron chi connectivity index (χ1n) is 5.79. The van der Waals surface area contributed by atoms with Gasteiger partial charge in [-0.2, -0.15) is 0 Å². The normalized spacial score (nSPS) is 15.6. The molecule has 0 bridgehead atoms. The number of hydrogen-bond donors (Lipinski definition) is 2. The van der Waals surface area contributed by atoms with Crippen LogP contribution >= 0.6 is 24.8 Å². The van der Waals surface area contributed by atoms with Crippen LogP contribution in [-0.2, 0) is 6.54 Å². The van der Waals surface area contributed by atoms with Gasteiger partial charge in [0.15, 0.2) is 0 Å². The molecule has 1 aromatic rings. The van der Waals surface area contributed by atoms with Gasteiger partial charge in [-0.3, -0.25) is 4.98 Å². The van der Waals surface area contributed by atoms with Crippen molar-refractivity contribution in [2.24, 2.45) is 5.73 Å². The third-order valence-electron chi connectivity index (χ3n) is 3.10. The van der Waals surface area contributed by atoms with E-state index in [1.54, 1.807) is 6.20 Å². The molecule has 0 amide bonds. The molecule has 3 nitrogen and oxygen atoms in total. The third-order valence-corrected chi connectivity index (χ3v) is 3.10. The predicted octanol–water partition coefficient (Wildman–Crippen LogP) is 3.13. The zero-order valence-corrected chi connectivity index (χ0v) is 11.5. The summed E-state index contributed by atoms with van der Waals surface area (Å²) in [5, 5.41) is 3.56. The van der Waals surface area contributed by atoms with Crippen LogP contribution in [0.2, 0.25) is 0 Å². The number of nitrogens with one attached hydrogen (secondary N) is 1. The molecule has 1 aliphatic carbocycles. The van der Waals surface area contributed by atoms with E-state index in [4.69, 9.17) is 5.73 Å². The van der Waals surface area contributed by atoms with Crippen LogP contribution in [0.4, 0.5) is 5.69 Å². The summed E-state index contributed by atoms with van der Waals surface area (Å²) in [5.41, 5.74) is 7.97. The van der Waals surface area contributed by atoms with Crippen molar-refractivity contribution in [2.45, 2.75) is 44.7 Å². The Morgan fingerprint density at radius 1 is 1.24 bits per heavy atom. The molecule has 0 saturated heterocycles. The summed E-state index contributed by atoms with van der Waals surface area (Å²) >= 11 is 0. The molecule has 1 saturated carbocycles. The number of nitrogens with two attached hydrogens (primary N) is 1. The van der Waals surface area contributed by atoms with E-state index in [-0.39, 0.29) is 24.8 Å². The van der Waals surface area contributed by atoms with Crippen LogP contribution in [0.15, 0.2) is 18.5 Å². The average Bonchev–Trinajstić information content (AvgIpc) is 2.31. The fourth-order valence-electron chi connectivity index (χ4n) is 2.20. The Bertz CT molecular complexity index is 314. The highest BCUT2D eigenvalue weighted by Crippen LogP contribution is 2.22. The summed E-state index contributed by atoms with van der Waals surface area (Å²) in [5.74, 6) is 0. The molecule has 17 heavy (non-hydrogen) atoms. The average molecular weight is 278 g/mol. The quantitative estimate of drug-likeness (QED) is 0.893. The zero-order valence-electron chi connectivity index (χ0n) is 9.89. The fraction of sp³-hybridized carbons (Fsp3) is 0.583. The standard InChI is InChI=1S/C12H19N3.2ClH/c13-8-10-6-7-14-9-12(10)15-11-4-2-1-3-5-11;;/h6-7,9,11,15H,1-5,8,13H2;2*1H. The molecule has 1 fully saturated rings. The molecule has 0 aliphatic heterocycles. The van der Waals surface area contributed by atoms with Crippen LogP contribution in [0.25, 0.3) is 0 Å². The van der Waals surface area contributed by atoms with Crippen molar-refractivity contribution in [3.8, 4) is 0 Å². The van der Waals surface area contributed by atoms with Crippen molar-refractivity contribution in [3.63, 3.8) is 0 Å². The molecular formula is C12H21Cl2N3. The van der Waals surface area contributed by atoms with Crippen LogP contribution in [0.5, 0.6) is 0 Å². The molecular weight excluding hydrogens is 257 g/mol. The first kappa shape index (κ1) is 16.5. The highest BCUT2D eigenvalue weighted by atomic mass is 35.5. The molecule has 1 aliphatic rings. The number of nitrogens with zero attached hydrogens (tertiary/aromatic N) is 1. The van der Waals surface area contributed by atoms with Crippen molar-refractivity contribution in [3.05, 3.63) is 24.0 Å². The van der Waals surface area contributed by atoms with E-state index in [0.29, 0.717) is 12.6 Å². The van der Waals surface area contributed by atoms with Gasteiger partial charge in [0.25, 0.3) is 0 Å². The third kappa shape index (κ3) is 4.70. The van der Waals surface area contributed by atoms with Crippen LogP contribution in [0, 0.1) is 0 Å². The highest BCUT2D eigenvalue weighted by molar-refractivity contribution is 5.85. The van der Waals surface area contributed by atoms with Gasteiger partial charge in [-0.05, 0) is 24.5 Å². The minimum absolute atomic E-state index is 0. The summed E-state index contributed by atoms with van der Waals surface area (Å²) in [6.07, 6.45) is 10.3. The topological polar surface area (TPSA) is 50.9 Å². The fourth-order valence-corrected chi connectivity index (χ4v) is 2.20. The lowest BCUT2D eigenvalue weighted by Crippen LogP contribution is -2.23. The first-order chi connectivity index (χ1) is 7.40. The Balaban J connectivity index is 0.00000128. The van der Waals surface area contributed by atoms with Crippen LogP contribution in [0.3, 0.4) is 0 Å². The Morgan fingerprint density at radius 2 is 1.94 bits per heavy atom. The van der Waals surface area contributed by atoms with E-state index < -0.39 is 0 Å². The summed E-state index contributed by atoms with van der Waals surface area (Å²) in [4.78, 5) is 4.14. The largest absolute Gasteiger partial charge is 0.381 e. The highest BCUT2D eigenvalue weighted by Gasteiger charge is 2.13. The second-order valence-corrected chi connectivity index (χ2v) is 4.22. The van der Waals surface area contributed by atoms with E-state index >= 15 is 0 Å². The lowest BCUT2D eigenvalue weighted by Gasteiger charge is -2.24. The van der Waals surface area contributed by atoms with Gasteiger partial charge in [-0.1, -0.05) is 19.3 Å². The first-order valence-corrected chi connectivity index (χ1v) is 5.79. The van der Waals surface area contributed by atoms with Crippen molar-refractivity contribution in [1.82, 2.24) is 4.98 Å². The SMILES string of the molecule is Cl.Cl.NCc1ccncc1NC1CCCCC1. The molecule has 0 spiro atoms. The van der Waals surface area contributed by atoms with E-state index in [9.17, 15) is 0 Å². The Morgan fingerprint density at radius 3 is 2.59 bits per heavy atom. The Labute approximate surface area is 115 Å². The molecule has 0 unspecified atom stereocenters. The van der Waals surface area contributed by atoms with E-state index in [1.807, 2.05) is 12.3 Å². The van der Waals surface area contributed by atoms with Gasteiger partial charge in [-0.15, -0.1) is 24.8 Å². The molecule has 1 heterocycles. The lowest BCUT2D eigenvalue weighted by molar-refractivity contribution is 0.462. The van der Waals surface area contributed by atoms with Gasteiger partial charge >= 0.3 is 0 Å². The van der Waals surface area contributed by atoms with E-state index in [1.165, 1.54) is 32.1 Å². The predicted molar refractivity (Wildman–Crippen MR) is 77.1 cm³/mol. The number of hydrogen-bond acceptors (Lipinski definition) is 3. The summed E-state index contributed by atoms with van der Waals surface area (Å²) < 4.78 is 0. The van der Waals surface area contributed by atoms with Gasteiger partial charge in [0.2, 0.25) is 0 Å². The lowest BCUT2D eigenvalue weighted by atomic mass is 9.95. The summed E-state index contributed by atoms with van der Waals surface area (Å²) in [6.45, 7) is 0.581. The monoisotopic (exact) mass is 277 g/mol. The van der Waals surface area contributed by atoms with Gasteiger partial charge in [0, 0.05) is 18.8 Å². The van der Waals surface area contributed by atoms with Crippen molar-refractivity contribution in [2.75, 3.05) is 5.32 Å². The molecule has 1 aromatic heterocycles. The molecule has 5 heteroatoms. The Hall–Kier alpha value is -0.510. The minimum Gasteiger partial charge on any atom is -0.381 e. The number of rotatable bonds is 3. The van der Waals surface area contributed by atoms with Gasteiger partial charge < -0.3 is 11.1 Å². The van der Waals surface area contributed by atoms with Crippen LogP contribution in [-0.4, -0.2) is 11.0 Å². The number of halogens is 2. The molecule has 2 rings (SSSR count). The molecule has 0 radical (unpaired) electrons. The Kier molecular flexibility index (Phi) is 8.30. The van der Waals surface area contributed by atoms with Gasteiger partial charge in [0.05, 0.1) is 11.9 Å². The molecule has 3 N–H and O–H groups in total. The van der Waals surface area contributed by atoms with Crippen molar-refractivity contribution < 1.29 is 0 Å².